The zero-order valence-electron chi connectivity index (χ0n) is 20.8. The number of anilines is 1. The molecular formula is C30H27N3O3. The van der Waals surface area contributed by atoms with Crippen molar-refractivity contribution < 1.29 is 9.53 Å². The van der Waals surface area contributed by atoms with Crippen LogP contribution in [0.2, 0.25) is 0 Å². The van der Waals surface area contributed by atoms with Gasteiger partial charge in [0.1, 0.15) is 0 Å². The molecule has 1 aromatic heterocycles. The molecule has 0 aliphatic carbocycles. The fourth-order valence-electron chi connectivity index (χ4n) is 4.36. The number of esters is 1. The predicted octanol–water partition coefficient (Wildman–Crippen LogP) is 6.08. The summed E-state index contributed by atoms with van der Waals surface area (Å²) in [6.45, 7) is 13.7. The molecule has 0 aliphatic heterocycles. The highest BCUT2D eigenvalue weighted by molar-refractivity contribution is 5.96. The van der Waals surface area contributed by atoms with Crippen molar-refractivity contribution in [2.24, 2.45) is 0 Å². The molecule has 0 radical (unpaired) electrons. The molecule has 6 nitrogen and oxygen atoms in total. The second-order valence-electron chi connectivity index (χ2n) is 8.87. The molecule has 0 amide bonds. The highest BCUT2D eigenvalue weighted by Crippen LogP contribution is 2.30. The molecule has 0 aliphatic rings. The van der Waals surface area contributed by atoms with E-state index in [1.165, 1.54) is 7.11 Å². The molecule has 36 heavy (non-hydrogen) atoms. The summed E-state index contributed by atoms with van der Waals surface area (Å²) in [4.78, 5) is 29.1. The lowest BCUT2D eigenvalue weighted by Crippen LogP contribution is -2.23. The number of pyridine rings is 1. The number of benzene rings is 3. The van der Waals surface area contributed by atoms with E-state index in [1.807, 2.05) is 62.4 Å². The van der Waals surface area contributed by atoms with Gasteiger partial charge in [0.15, 0.2) is 0 Å². The van der Waals surface area contributed by atoms with Gasteiger partial charge >= 0.3 is 5.97 Å². The number of rotatable bonds is 5. The highest BCUT2D eigenvalue weighted by Gasteiger charge is 2.17. The van der Waals surface area contributed by atoms with E-state index in [0.717, 1.165) is 39.1 Å². The molecule has 0 bridgehead atoms. The van der Waals surface area contributed by atoms with Crippen LogP contribution in [-0.4, -0.2) is 17.6 Å². The molecule has 6 heteroatoms. The Morgan fingerprint density at radius 3 is 2.36 bits per heavy atom. The van der Waals surface area contributed by atoms with E-state index >= 15 is 0 Å². The lowest BCUT2D eigenvalue weighted by atomic mass is 9.98. The van der Waals surface area contributed by atoms with E-state index in [-0.39, 0.29) is 11.2 Å². The molecule has 180 valence electrons. The van der Waals surface area contributed by atoms with Crippen molar-refractivity contribution in [2.45, 2.75) is 27.3 Å². The van der Waals surface area contributed by atoms with Gasteiger partial charge < -0.3 is 15.0 Å². The number of hydrogen-bond donors (Lipinski definition) is 1. The first-order valence-electron chi connectivity index (χ1n) is 11.5. The third-order valence-corrected chi connectivity index (χ3v) is 6.35. The zero-order chi connectivity index (χ0) is 26.0. The summed E-state index contributed by atoms with van der Waals surface area (Å²) in [6, 6.07) is 21.0. The number of nitrogen functional groups attached to an aromatic ring is 1. The molecule has 0 atom stereocenters. The molecular weight excluding hydrogens is 450 g/mol. The van der Waals surface area contributed by atoms with Gasteiger partial charge in [0.05, 0.1) is 25.8 Å². The lowest BCUT2D eigenvalue weighted by molar-refractivity contribution is 0.0602. The summed E-state index contributed by atoms with van der Waals surface area (Å²) >= 11 is 0. The number of nitrogens with two attached hydrogens (primary N) is 1. The van der Waals surface area contributed by atoms with Gasteiger partial charge in [-0.25, -0.2) is 9.64 Å². The molecule has 0 unspecified atom stereocenters. The van der Waals surface area contributed by atoms with E-state index in [0.29, 0.717) is 23.4 Å². The van der Waals surface area contributed by atoms with Gasteiger partial charge in [-0.3, -0.25) is 4.79 Å². The third kappa shape index (κ3) is 4.64. The number of methoxy groups -OCH3 is 1. The molecule has 2 N–H and O–H groups in total. The quantitative estimate of drug-likeness (QED) is 0.215. The number of aryl methyl sites for hydroxylation is 3. The van der Waals surface area contributed by atoms with Crippen LogP contribution in [0, 0.1) is 27.3 Å². The summed E-state index contributed by atoms with van der Waals surface area (Å²) < 4.78 is 6.52. The second-order valence-corrected chi connectivity index (χ2v) is 8.87. The van der Waals surface area contributed by atoms with Gasteiger partial charge in [0.2, 0.25) is 0 Å². The van der Waals surface area contributed by atoms with Gasteiger partial charge in [-0.05, 0) is 78.4 Å². The molecule has 0 saturated carbocycles. The summed E-state index contributed by atoms with van der Waals surface area (Å²) in [5.74, 6) is -0.502. The Morgan fingerprint density at radius 1 is 0.944 bits per heavy atom. The van der Waals surface area contributed by atoms with Crippen LogP contribution in [-0.2, 0) is 11.3 Å². The monoisotopic (exact) mass is 477 g/mol. The summed E-state index contributed by atoms with van der Waals surface area (Å²) in [6.07, 6.45) is 0. The van der Waals surface area contributed by atoms with Crippen molar-refractivity contribution in [1.29, 1.82) is 0 Å². The molecule has 1 heterocycles. The Kier molecular flexibility index (Phi) is 6.75. The van der Waals surface area contributed by atoms with Gasteiger partial charge in [-0.2, -0.15) is 0 Å². The Hall–Kier alpha value is -4.63. The maximum atomic E-state index is 13.4. The number of aromatic nitrogens is 1. The summed E-state index contributed by atoms with van der Waals surface area (Å²) in [7, 11) is 1.32. The molecule has 4 rings (SSSR count). The van der Waals surface area contributed by atoms with Crippen LogP contribution < -0.4 is 11.3 Å². The minimum Gasteiger partial charge on any atom is -0.465 e. The SMILES string of the molecule is [C-]#[N+]c1c(C)cc(-c2cccc(-c3ccc(N)c(C(=O)OC)c3)c2)n(Cc2ccc(C)cc2C)c1=O. The van der Waals surface area contributed by atoms with Gasteiger partial charge in [-0.15, -0.1) is 0 Å². The first kappa shape index (κ1) is 24.5. The zero-order valence-corrected chi connectivity index (χ0v) is 20.8. The van der Waals surface area contributed by atoms with Crippen LogP contribution in [0.25, 0.3) is 27.2 Å². The number of hydrogen-bond acceptors (Lipinski definition) is 4. The smallest absolute Gasteiger partial charge is 0.339 e. The normalized spacial score (nSPS) is 10.6. The van der Waals surface area contributed by atoms with Gasteiger partial charge in [0, 0.05) is 11.4 Å². The predicted molar refractivity (Wildman–Crippen MR) is 143 cm³/mol. The first-order chi connectivity index (χ1) is 17.2. The maximum Gasteiger partial charge on any atom is 0.339 e. The number of ether oxygens (including phenoxy) is 1. The van der Waals surface area contributed by atoms with Crippen molar-refractivity contribution in [3.8, 4) is 22.4 Å². The van der Waals surface area contributed by atoms with E-state index in [9.17, 15) is 9.59 Å². The molecule has 0 spiro atoms. The average Bonchev–Trinajstić information content (AvgIpc) is 2.87. The van der Waals surface area contributed by atoms with Crippen LogP contribution in [0.5, 0.6) is 0 Å². The Morgan fingerprint density at radius 2 is 1.67 bits per heavy atom. The van der Waals surface area contributed by atoms with Crippen molar-refractivity contribution in [3.05, 3.63) is 116 Å². The van der Waals surface area contributed by atoms with Crippen molar-refractivity contribution in [3.63, 3.8) is 0 Å². The number of nitrogens with zero attached hydrogens (tertiary/aromatic N) is 2. The fourth-order valence-corrected chi connectivity index (χ4v) is 4.36. The fraction of sp³-hybridized carbons (Fsp3) is 0.167. The van der Waals surface area contributed by atoms with Crippen LogP contribution in [0.4, 0.5) is 11.4 Å². The summed E-state index contributed by atoms with van der Waals surface area (Å²) in [5, 5.41) is 0. The van der Waals surface area contributed by atoms with E-state index in [2.05, 4.69) is 10.9 Å². The minimum absolute atomic E-state index is 0.126. The van der Waals surface area contributed by atoms with Crippen LogP contribution in [0.15, 0.2) is 71.5 Å². The topological polar surface area (TPSA) is 78.7 Å². The Balaban J connectivity index is 1.88. The van der Waals surface area contributed by atoms with E-state index in [1.54, 1.807) is 23.6 Å². The summed E-state index contributed by atoms with van der Waals surface area (Å²) in [5.41, 5.74) is 13.5. The highest BCUT2D eigenvalue weighted by atomic mass is 16.5. The third-order valence-electron chi connectivity index (χ3n) is 6.35. The number of carbonyl (C=O) groups is 1. The van der Waals surface area contributed by atoms with Gasteiger partial charge in [-0.1, -0.05) is 48.0 Å². The number of carbonyl (C=O) groups excluding carboxylic acids is 1. The molecule has 4 aromatic rings. The standard InChI is InChI=1S/C30H27N3O3/c1-18-9-10-24(19(2)13-18)17-33-27(14-20(3)28(32-4)29(33)34)23-8-6-7-21(15-23)22-11-12-26(31)25(16-22)30(35)36-5/h6-16H,17,31H2,1-3,5H3. The first-order valence-corrected chi connectivity index (χ1v) is 11.5. The molecule has 0 saturated heterocycles. The van der Waals surface area contributed by atoms with Crippen LogP contribution >= 0.6 is 0 Å². The van der Waals surface area contributed by atoms with Crippen LogP contribution in [0.3, 0.4) is 0 Å². The molecule has 0 fully saturated rings. The average molecular weight is 478 g/mol. The maximum absolute atomic E-state index is 13.4. The lowest BCUT2D eigenvalue weighted by Gasteiger charge is -2.18. The van der Waals surface area contributed by atoms with E-state index in [4.69, 9.17) is 17.0 Å². The minimum atomic E-state index is -0.502. The van der Waals surface area contributed by atoms with Crippen molar-refractivity contribution >= 4 is 17.3 Å². The Bertz CT molecular complexity index is 1590. The second kappa shape index (κ2) is 9.93. The van der Waals surface area contributed by atoms with Crippen molar-refractivity contribution in [2.75, 3.05) is 12.8 Å². The van der Waals surface area contributed by atoms with Crippen LogP contribution in [0.1, 0.15) is 32.6 Å². The van der Waals surface area contributed by atoms with E-state index < -0.39 is 5.97 Å². The molecule has 3 aromatic carbocycles. The Labute approximate surface area is 210 Å². The largest absolute Gasteiger partial charge is 0.465 e. The van der Waals surface area contributed by atoms with Gasteiger partial charge in [0.25, 0.3) is 11.2 Å². The van der Waals surface area contributed by atoms with Crippen molar-refractivity contribution in [1.82, 2.24) is 4.57 Å².